The van der Waals surface area contributed by atoms with Gasteiger partial charge in [-0.1, -0.05) is 0 Å². The van der Waals surface area contributed by atoms with Crippen LogP contribution in [-0.2, 0) is 0 Å². The molecule has 0 spiro atoms. The van der Waals surface area contributed by atoms with E-state index < -0.39 is 0 Å². The molecule has 0 aliphatic heterocycles. The second-order valence-corrected chi connectivity index (χ2v) is 6.74. The van der Waals surface area contributed by atoms with Gasteiger partial charge in [0.2, 0.25) is 0 Å². The highest BCUT2D eigenvalue weighted by atomic mass is 127. The van der Waals surface area contributed by atoms with Crippen LogP contribution in [0, 0.1) is 3.57 Å². The zero-order chi connectivity index (χ0) is 8.72. The van der Waals surface area contributed by atoms with Crippen molar-refractivity contribution in [3.05, 3.63) is 30.0 Å². The number of halogens is 3. The van der Waals surface area contributed by atoms with Gasteiger partial charge in [0.1, 0.15) is 0 Å². The first-order chi connectivity index (χ1) is 5.68. The third-order valence-corrected chi connectivity index (χ3v) is 5.66. The molecule has 0 saturated heterocycles. The molecule has 0 saturated carbocycles. The van der Waals surface area contributed by atoms with Crippen molar-refractivity contribution in [1.82, 2.24) is 0 Å². The largest absolute Gasteiger partial charge is 0.128 e. The van der Waals surface area contributed by atoms with Gasteiger partial charge in [-0.15, -0.1) is 11.3 Å². The summed E-state index contributed by atoms with van der Waals surface area (Å²) >= 11 is 11.1. The number of hydrogen-bond donors (Lipinski definition) is 0. The zero-order valence-electron chi connectivity index (χ0n) is 5.77. The Bertz CT molecular complexity index is 436. The lowest BCUT2D eigenvalue weighted by atomic mass is 10.3. The molecule has 12 heavy (non-hydrogen) atoms. The first-order valence-electron chi connectivity index (χ1n) is 3.21. The predicted molar refractivity (Wildman–Crippen MR) is 69.9 cm³/mol. The molecule has 0 atom stereocenters. The molecule has 1 aromatic heterocycles. The number of benzene rings is 1. The fraction of sp³-hybridized carbons (Fsp3) is 0. The van der Waals surface area contributed by atoms with Gasteiger partial charge in [0.15, 0.2) is 0 Å². The molecule has 0 aliphatic rings. The Morgan fingerprint density at radius 1 is 1.25 bits per heavy atom. The van der Waals surface area contributed by atoms with Gasteiger partial charge in [0, 0.05) is 18.1 Å². The molecule has 0 aliphatic carbocycles. The summed E-state index contributed by atoms with van der Waals surface area (Å²) < 4.78 is 4.95. The van der Waals surface area contributed by atoms with E-state index in [-0.39, 0.29) is 0 Å². The van der Waals surface area contributed by atoms with Crippen molar-refractivity contribution in [3.63, 3.8) is 0 Å². The van der Waals surface area contributed by atoms with Crippen molar-refractivity contribution in [2.75, 3.05) is 0 Å². The first-order valence-corrected chi connectivity index (χ1v) is 6.69. The summed E-state index contributed by atoms with van der Waals surface area (Å²) in [6.07, 6.45) is 0. The Hall–Kier alpha value is 0.870. The number of hydrogen-bond acceptors (Lipinski definition) is 1. The van der Waals surface area contributed by atoms with E-state index in [2.05, 4.69) is 72.6 Å². The Kier molecular flexibility index (Phi) is 2.79. The first kappa shape index (κ1) is 9.43. The van der Waals surface area contributed by atoms with Crippen LogP contribution in [0.25, 0.3) is 10.1 Å². The van der Waals surface area contributed by atoms with Crippen molar-refractivity contribution in [2.45, 2.75) is 0 Å². The smallest absolute Gasteiger partial charge is 0.0711 e. The number of fused-ring (bicyclic) bond motifs is 1. The summed E-state index contributed by atoms with van der Waals surface area (Å²) in [5.41, 5.74) is 0. The monoisotopic (exact) mass is 416 g/mol. The van der Waals surface area contributed by atoms with Crippen LogP contribution < -0.4 is 0 Å². The van der Waals surface area contributed by atoms with Gasteiger partial charge in [0.25, 0.3) is 0 Å². The van der Waals surface area contributed by atoms with Gasteiger partial charge >= 0.3 is 0 Å². The molecular formula is C8H3Br2IS. The minimum Gasteiger partial charge on any atom is -0.128 e. The summed E-state index contributed by atoms with van der Waals surface area (Å²) in [6.45, 7) is 0. The summed E-state index contributed by atoms with van der Waals surface area (Å²) in [5, 5.41) is 1.29. The highest BCUT2D eigenvalue weighted by Gasteiger charge is 2.05. The van der Waals surface area contributed by atoms with Crippen molar-refractivity contribution in [2.24, 2.45) is 0 Å². The van der Waals surface area contributed by atoms with Crippen molar-refractivity contribution < 1.29 is 0 Å². The average Bonchev–Trinajstić information content (AvgIpc) is 2.39. The lowest BCUT2D eigenvalue weighted by Gasteiger charge is -1.95. The molecule has 1 aromatic carbocycles. The van der Waals surface area contributed by atoms with E-state index in [1.54, 1.807) is 11.3 Å². The number of thiophene rings is 1. The van der Waals surface area contributed by atoms with Crippen LogP contribution >= 0.6 is 65.8 Å². The van der Waals surface area contributed by atoms with Crippen LogP contribution in [0.3, 0.4) is 0 Å². The van der Waals surface area contributed by atoms with Gasteiger partial charge < -0.3 is 0 Å². The summed E-state index contributed by atoms with van der Waals surface area (Å²) in [6, 6.07) is 6.42. The molecule has 62 valence electrons. The molecule has 4 heteroatoms. The van der Waals surface area contributed by atoms with Crippen molar-refractivity contribution in [3.8, 4) is 0 Å². The molecule has 0 fully saturated rings. The van der Waals surface area contributed by atoms with Crippen LogP contribution in [0.5, 0.6) is 0 Å². The topological polar surface area (TPSA) is 0 Å². The molecule has 0 N–H and O–H groups in total. The van der Waals surface area contributed by atoms with Crippen LogP contribution in [0.4, 0.5) is 0 Å². The van der Waals surface area contributed by atoms with E-state index in [1.807, 2.05) is 0 Å². The molecule has 1 heterocycles. The maximum Gasteiger partial charge on any atom is 0.0711 e. The lowest BCUT2D eigenvalue weighted by Crippen LogP contribution is -1.72. The standard InChI is InChI=1S/C8H3Br2IS/c9-7-3-4-6(12-7)2-1-5(11)8(4)10/h1-3H. The third kappa shape index (κ3) is 1.58. The zero-order valence-corrected chi connectivity index (χ0v) is 11.9. The van der Waals surface area contributed by atoms with Crippen LogP contribution in [0.2, 0.25) is 0 Å². The SMILES string of the molecule is Brc1cc2c(Br)c(I)ccc2s1. The summed E-state index contributed by atoms with van der Waals surface area (Å²) in [5.74, 6) is 0. The van der Waals surface area contributed by atoms with E-state index in [0.29, 0.717) is 0 Å². The second kappa shape index (κ2) is 3.55. The molecule has 0 bridgehead atoms. The highest BCUT2D eigenvalue weighted by molar-refractivity contribution is 14.1. The van der Waals surface area contributed by atoms with Crippen LogP contribution in [0.15, 0.2) is 26.5 Å². The minimum absolute atomic E-state index is 1.18. The van der Waals surface area contributed by atoms with E-state index >= 15 is 0 Å². The average molecular weight is 418 g/mol. The highest BCUT2D eigenvalue weighted by Crippen LogP contribution is 2.36. The Morgan fingerprint density at radius 3 is 2.75 bits per heavy atom. The fourth-order valence-electron chi connectivity index (χ4n) is 1.02. The van der Waals surface area contributed by atoms with Gasteiger partial charge in [-0.25, -0.2) is 0 Å². The number of rotatable bonds is 0. The van der Waals surface area contributed by atoms with Gasteiger partial charge in [-0.3, -0.25) is 0 Å². The molecule has 2 aromatic rings. The van der Waals surface area contributed by atoms with Crippen LogP contribution in [-0.4, -0.2) is 0 Å². The normalized spacial score (nSPS) is 10.9. The second-order valence-electron chi connectivity index (χ2n) is 2.32. The van der Waals surface area contributed by atoms with Gasteiger partial charge in [-0.2, -0.15) is 0 Å². The minimum atomic E-state index is 1.18. The quantitative estimate of drug-likeness (QED) is 0.527. The lowest BCUT2D eigenvalue weighted by molar-refractivity contribution is 1.69. The predicted octanol–water partition coefficient (Wildman–Crippen LogP) is 5.03. The van der Waals surface area contributed by atoms with E-state index in [1.165, 1.54) is 21.9 Å². The van der Waals surface area contributed by atoms with E-state index in [4.69, 9.17) is 0 Å². The van der Waals surface area contributed by atoms with E-state index in [9.17, 15) is 0 Å². The fourth-order valence-corrected chi connectivity index (χ4v) is 3.63. The third-order valence-electron chi connectivity index (χ3n) is 1.56. The Balaban J connectivity index is 2.89. The summed E-state index contributed by atoms with van der Waals surface area (Å²) in [4.78, 5) is 0. The Morgan fingerprint density at radius 2 is 2.00 bits per heavy atom. The maximum atomic E-state index is 3.57. The van der Waals surface area contributed by atoms with Gasteiger partial charge in [0.05, 0.1) is 3.79 Å². The molecule has 2 rings (SSSR count). The van der Waals surface area contributed by atoms with Crippen molar-refractivity contribution in [1.29, 1.82) is 0 Å². The summed E-state index contributed by atoms with van der Waals surface area (Å²) in [7, 11) is 0. The van der Waals surface area contributed by atoms with E-state index in [0.717, 1.165) is 0 Å². The van der Waals surface area contributed by atoms with Crippen LogP contribution in [0.1, 0.15) is 0 Å². The maximum absolute atomic E-state index is 3.57. The Labute approximate surface area is 105 Å². The molecule has 0 nitrogen and oxygen atoms in total. The molecular weight excluding hydrogens is 415 g/mol. The van der Waals surface area contributed by atoms with Gasteiger partial charge in [-0.05, 0) is 72.6 Å². The molecule has 0 amide bonds. The molecule has 0 radical (unpaired) electrons. The van der Waals surface area contributed by atoms with Crippen molar-refractivity contribution >= 4 is 75.9 Å². The molecule has 0 unspecified atom stereocenters.